The highest BCUT2D eigenvalue weighted by atomic mass is 14.9. The normalized spacial score (nSPS) is 14.2. The quantitative estimate of drug-likeness (QED) is 0.515. The average Bonchev–Trinajstić information content (AvgIpc) is 2.29. The van der Waals surface area contributed by atoms with Gasteiger partial charge in [0.15, 0.2) is 0 Å². The van der Waals surface area contributed by atoms with Crippen molar-refractivity contribution < 1.29 is 0 Å². The van der Waals surface area contributed by atoms with E-state index in [4.69, 9.17) is 0 Å². The number of allylic oxidation sites excluding steroid dienone is 3. The molecule has 0 heterocycles. The Morgan fingerprint density at radius 3 is 2.38 bits per heavy atom. The van der Waals surface area contributed by atoms with Crippen LogP contribution in [0.5, 0.6) is 0 Å². The highest BCUT2D eigenvalue weighted by Gasteiger charge is 2.01. The molecule has 2 heteroatoms. The zero-order valence-corrected chi connectivity index (χ0v) is 11.4. The van der Waals surface area contributed by atoms with Crippen LogP contribution >= 0.6 is 0 Å². The van der Waals surface area contributed by atoms with Crippen LogP contribution in [0.1, 0.15) is 47.5 Å². The SMILES string of the molecule is CCC/C=C(\C)C(NCC)=C(C)C=NCC. The third-order valence-electron chi connectivity index (χ3n) is 2.35. The Balaban J connectivity index is 4.89. The van der Waals surface area contributed by atoms with Gasteiger partial charge in [0.25, 0.3) is 0 Å². The zero-order valence-electron chi connectivity index (χ0n) is 11.4. The van der Waals surface area contributed by atoms with Crippen molar-refractivity contribution in [1.82, 2.24) is 5.32 Å². The fourth-order valence-electron chi connectivity index (χ4n) is 1.52. The summed E-state index contributed by atoms with van der Waals surface area (Å²) < 4.78 is 0. The standard InChI is InChI=1S/C14H26N2/c1-6-9-10-12(4)14(16-8-3)13(5)11-15-7-2/h10-11,16H,6-9H2,1-5H3/b12-10+,14-13?,15-11?. The van der Waals surface area contributed by atoms with Gasteiger partial charge < -0.3 is 5.32 Å². The minimum Gasteiger partial charge on any atom is -0.385 e. The van der Waals surface area contributed by atoms with Gasteiger partial charge in [-0.15, -0.1) is 0 Å². The predicted octanol–water partition coefficient (Wildman–Crippen LogP) is 3.71. The van der Waals surface area contributed by atoms with Crippen molar-refractivity contribution in [3.8, 4) is 0 Å². The van der Waals surface area contributed by atoms with E-state index in [1.165, 1.54) is 23.3 Å². The van der Waals surface area contributed by atoms with E-state index in [1.54, 1.807) is 0 Å². The molecule has 0 aromatic carbocycles. The van der Waals surface area contributed by atoms with E-state index in [1.807, 2.05) is 6.21 Å². The molecule has 0 spiro atoms. The minimum atomic E-state index is 0.842. The number of nitrogens with one attached hydrogen (secondary N) is 1. The molecule has 0 radical (unpaired) electrons. The first-order valence-electron chi connectivity index (χ1n) is 6.28. The molecule has 0 atom stereocenters. The Labute approximate surface area is 101 Å². The van der Waals surface area contributed by atoms with Gasteiger partial charge in [-0.1, -0.05) is 19.4 Å². The summed E-state index contributed by atoms with van der Waals surface area (Å²) in [5, 5.41) is 3.42. The molecule has 0 aliphatic rings. The van der Waals surface area contributed by atoms with Gasteiger partial charge in [0.1, 0.15) is 0 Å². The van der Waals surface area contributed by atoms with Crippen LogP contribution in [0.15, 0.2) is 27.9 Å². The molecule has 0 aromatic heterocycles. The van der Waals surface area contributed by atoms with Gasteiger partial charge in [0.05, 0.1) is 0 Å². The van der Waals surface area contributed by atoms with Crippen molar-refractivity contribution in [1.29, 1.82) is 0 Å². The molecule has 0 fully saturated rings. The van der Waals surface area contributed by atoms with Crippen molar-refractivity contribution in [2.45, 2.75) is 47.5 Å². The van der Waals surface area contributed by atoms with E-state index >= 15 is 0 Å². The number of unbranched alkanes of at least 4 members (excludes halogenated alkanes) is 1. The van der Waals surface area contributed by atoms with Crippen molar-refractivity contribution in [3.05, 3.63) is 22.9 Å². The molecule has 0 aromatic rings. The summed E-state index contributed by atoms with van der Waals surface area (Å²) in [4.78, 5) is 4.29. The molecule has 0 bridgehead atoms. The summed E-state index contributed by atoms with van der Waals surface area (Å²) in [6.45, 7) is 12.4. The van der Waals surface area contributed by atoms with Crippen LogP contribution in [0.2, 0.25) is 0 Å². The van der Waals surface area contributed by atoms with E-state index in [0.29, 0.717) is 0 Å². The minimum absolute atomic E-state index is 0.842. The Kier molecular flexibility index (Phi) is 8.59. The molecule has 1 N–H and O–H groups in total. The van der Waals surface area contributed by atoms with Crippen LogP contribution in [0, 0.1) is 0 Å². The van der Waals surface area contributed by atoms with Gasteiger partial charge in [-0.2, -0.15) is 0 Å². The van der Waals surface area contributed by atoms with Crippen LogP contribution in [0.3, 0.4) is 0 Å². The van der Waals surface area contributed by atoms with Crippen LogP contribution in [-0.4, -0.2) is 19.3 Å². The third kappa shape index (κ3) is 5.74. The molecule has 16 heavy (non-hydrogen) atoms. The topological polar surface area (TPSA) is 24.4 Å². The van der Waals surface area contributed by atoms with Gasteiger partial charge in [0.2, 0.25) is 0 Å². The Morgan fingerprint density at radius 2 is 1.88 bits per heavy atom. The number of hydrogen-bond donors (Lipinski definition) is 1. The molecule has 0 aliphatic carbocycles. The number of likely N-dealkylation sites (N-methyl/N-ethyl adjacent to an activating group) is 1. The van der Waals surface area contributed by atoms with E-state index in [0.717, 1.165) is 19.5 Å². The molecular weight excluding hydrogens is 196 g/mol. The maximum Gasteiger partial charge on any atom is 0.0411 e. The van der Waals surface area contributed by atoms with Crippen molar-refractivity contribution in [3.63, 3.8) is 0 Å². The van der Waals surface area contributed by atoms with Gasteiger partial charge in [-0.3, -0.25) is 4.99 Å². The van der Waals surface area contributed by atoms with Crippen molar-refractivity contribution >= 4 is 6.21 Å². The first-order chi connectivity index (χ1) is 7.67. The summed E-state index contributed by atoms with van der Waals surface area (Å²) in [5.41, 5.74) is 3.77. The Hall–Kier alpha value is -1.05. The number of rotatable bonds is 7. The monoisotopic (exact) mass is 222 g/mol. The number of nitrogens with zero attached hydrogens (tertiary/aromatic N) is 1. The second-order valence-corrected chi connectivity index (χ2v) is 3.89. The first kappa shape index (κ1) is 14.9. The van der Waals surface area contributed by atoms with Crippen LogP contribution in [0.25, 0.3) is 0 Å². The van der Waals surface area contributed by atoms with Crippen LogP contribution < -0.4 is 5.32 Å². The molecule has 92 valence electrons. The van der Waals surface area contributed by atoms with E-state index in [2.05, 4.69) is 51.0 Å². The largest absolute Gasteiger partial charge is 0.385 e. The lowest BCUT2D eigenvalue weighted by Crippen LogP contribution is -2.15. The maximum absolute atomic E-state index is 4.29. The smallest absolute Gasteiger partial charge is 0.0411 e. The van der Waals surface area contributed by atoms with Crippen LogP contribution in [0.4, 0.5) is 0 Å². The van der Waals surface area contributed by atoms with Gasteiger partial charge in [-0.05, 0) is 45.3 Å². The molecular formula is C14H26N2. The van der Waals surface area contributed by atoms with Gasteiger partial charge >= 0.3 is 0 Å². The Morgan fingerprint density at radius 1 is 1.19 bits per heavy atom. The Bertz CT molecular complexity index is 272. The van der Waals surface area contributed by atoms with Crippen molar-refractivity contribution in [2.75, 3.05) is 13.1 Å². The number of aliphatic imine (C=N–C) groups is 1. The summed E-state index contributed by atoms with van der Waals surface area (Å²) in [5.74, 6) is 0. The number of hydrogen-bond acceptors (Lipinski definition) is 2. The van der Waals surface area contributed by atoms with Gasteiger partial charge in [0, 0.05) is 25.0 Å². The van der Waals surface area contributed by atoms with E-state index < -0.39 is 0 Å². The second kappa shape index (κ2) is 9.20. The highest BCUT2D eigenvalue weighted by Crippen LogP contribution is 2.12. The fourth-order valence-corrected chi connectivity index (χ4v) is 1.52. The maximum atomic E-state index is 4.29. The molecule has 0 saturated carbocycles. The summed E-state index contributed by atoms with van der Waals surface area (Å²) in [7, 11) is 0. The van der Waals surface area contributed by atoms with Crippen LogP contribution in [-0.2, 0) is 0 Å². The lowest BCUT2D eigenvalue weighted by atomic mass is 10.1. The summed E-state index contributed by atoms with van der Waals surface area (Å²) in [6, 6.07) is 0. The summed E-state index contributed by atoms with van der Waals surface area (Å²) >= 11 is 0. The average molecular weight is 222 g/mol. The predicted molar refractivity (Wildman–Crippen MR) is 74.1 cm³/mol. The lowest BCUT2D eigenvalue weighted by Gasteiger charge is -2.12. The molecule has 0 aliphatic heterocycles. The first-order valence-corrected chi connectivity index (χ1v) is 6.28. The third-order valence-corrected chi connectivity index (χ3v) is 2.35. The highest BCUT2D eigenvalue weighted by molar-refractivity contribution is 5.80. The van der Waals surface area contributed by atoms with Gasteiger partial charge in [-0.25, -0.2) is 0 Å². The fraction of sp³-hybridized carbons (Fsp3) is 0.643. The molecule has 2 nitrogen and oxygen atoms in total. The van der Waals surface area contributed by atoms with E-state index in [-0.39, 0.29) is 0 Å². The molecule has 0 amide bonds. The molecule has 0 saturated heterocycles. The lowest BCUT2D eigenvalue weighted by molar-refractivity contribution is 0.847. The molecule has 0 unspecified atom stereocenters. The summed E-state index contributed by atoms with van der Waals surface area (Å²) in [6.07, 6.45) is 6.58. The molecule has 0 rings (SSSR count). The second-order valence-electron chi connectivity index (χ2n) is 3.89. The van der Waals surface area contributed by atoms with E-state index in [9.17, 15) is 0 Å². The zero-order chi connectivity index (χ0) is 12.4. The van der Waals surface area contributed by atoms with Crippen molar-refractivity contribution in [2.24, 2.45) is 4.99 Å².